The molecule has 0 N–H and O–H groups in total. The van der Waals surface area contributed by atoms with E-state index in [4.69, 9.17) is 29.9 Å². The molecule has 0 aliphatic carbocycles. The van der Waals surface area contributed by atoms with Gasteiger partial charge in [-0.05, 0) is 204 Å². The van der Waals surface area contributed by atoms with Crippen LogP contribution in [0, 0.1) is 0 Å². The molecule has 0 unspecified atom stereocenters. The summed E-state index contributed by atoms with van der Waals surface area (Å²) in [5.41, 5.74) is 25.7. The Hall–Kier alpha value is -16.8. The van der Waals surface area contributed by atoms with Crippen molar-refractivity contribution in [2.24, 2.45) is 0 Å². The van der Waals surface area contributed by atoms with Crippen molar-refractivity contribution in [3.05, 3.63) is 455 Å². The molecule has 5 aromatic heterocycles. The molecule has 23 rings (SSSR count). The second-order valence-electron chi connectivity index (χ2n) is 31.4. The van der Waals surface area contributed by atoms with Crippen molar-refractivity contribution in [1.82, 2.24) is 39.0 Å². The third-order valence-corrected chi connectivity index (χ3v) is 25.0. The van der Waals surface area contributed by atoms with E-state index in [2.05, 4.69) is 382 Å². The zero-order valence-corrected chi connectivity index (χ0v) is 68.9. The van der Waals surface area contributed by atoms with Crippen molar-refractivity contribution < 1.29 is 0 Å². The van der Waals surface area contributed by atoms with Crippen LogP contribution in [0.3, 0.4) is 0 Å². The Morgan fingerprint density at radius 1 is 0.175 bits per heavy atom. The molecule has 18 aromatic carbocycles. The number of para-hydroxylation sites is 6. The number of fused-ring (bicyclic) bond motifs is 9. The van der Waals surface area contributed by atoms with Gasteiger partial charge in [0, 0.05) is 127 Å². The van der Waals surface area contributed by atoms with E-state index in [1.165, 1.54) is 10.8 Å². The van der Waals surface area contributed by atoms with E-state index in [9.17, 15) is 0 Å². The number of thiophene rings is 1. The smallest absolute Gasteiger partial charge is 0.165 e. The number of hydrogen-bond donors (Lipinski definition) is 0. The lowest BCUT2D eigenvalue weighted by Crippen LogP contribution is -2.09. The largest absolute Gasteiger partial charge is 0.311 e. The maximum absolute atomic E-state index is 5.49. The van der Waals surface area contributed by atoms with Gasteiger partial charge in [0.05, 0.1) is 32.5 Å². The van der Waals surface area contributed by atoms with Crippen molar-refractivity contribution in [2.75, 3.05) is 14.7 Å². The van der Waals surface area contributed by atoms with E-state index in [1.807, 2.05) is 97.1 Å². The molecule has 0 aliphatic rings. The van der Waals surface area contributed by atoms with E-state index < -0.39 is 0 Å². The van der Waals surface area contributed by atoms with Crippen LogP contribution in [0.2, 0.25) is 0 Å². The highest BCUT2D eigenvalue weighted by Crippen LogP contribution is 2.50. The lowest BCUT2D eigenvalue weighted by molar-refractivity contribution is 1.07. The topological polar surface area (TPSA) is 96.9 Å². The molecule has 0 spiro atoms. The molecule has 0 bridgehead atoms. The van der Waals surface area contributed by atoms with Crippen LogP contribution in [-0.4, -0.2) is 39.0 Å². The molecule has 5 heterocycles. The lowest BCUT2D eigenvalue weighted by Gasteiger charge is -2.26. The lowest BCUT2D eigenvalue weighted by atomic mass is 9.98. The summed E-state index contributed by atoms with van der Waals surface area (Å²) in [6.45, 7) is 0. The van der Waals surface area contributed by atoms with Gasteiger partial charge in [-0.3, -0.25) is 0 Å². The van der Waals surface area contributed by atoms with Crippen molar-refractivity contribution in [3.8, 4) is 102 Å². The number of nitrogens with zero attached hydrogens (tertiary/aromatic N) is 11. The molecule has 0 aliphatic heterocycles. The van der Waals surface area contributed by atoms with Gasteiger partial charge in [-0.1, -0.05) is 273 Å². The van der Waals surface area contributed by atoms with Gasteiger partial charge in [0.15, 0.2) is 34.9 Å². The van der Waals surface area contributed by atoms with Gasteiger partial charge in [-0.2, -0.15) is 0 Å². The van der Waals surface area contributed by atoms with Crippen LogP contribution in [0.5, 0.6) is 0 Å². The summed E-state index contributed by atoms with van der Waals surface area (Å²) >= 11 is 1.79. The minimum absolute atomic E-state index is 0.584. The van der Waals surface area contributed by atoms with Gasteiger partial charge >= 0.3 is 0 Å². The number of benzene rings is 18. The van der Waals surface area contributed by atoms with Crippen LogP contribution in [0.15, 0.2) is 455 Å². The number of aromatic nitrogens is 8. The van der Waals surface area contributed by atoms with Crippen LogP contribution < -0.4 is 14.7 Å². The van der Waals surface area contributed by atoms with Gasteiger partial charge < -0.3 is 23.8 Å². The molecule has 0 amide bonds. The average molecular weight is 1630 g/mol. The van der Waals surface area contributed by atoms with Crippen molar-refractivity contribution in [2.45, 2.75) is 0 Å². The predicted octanol–water partition coefficient (Wildman–Crippen LogP) is 30.4. The Labute approximate surface area is 732 Å². The standard InChI is InChI=1S/C114H75N11S/c1-10-31-78(32-11-1)109-115-110(79-33-12-2-13-34-79)117-113(116-109)82-57-64-92(65-58-82)124-102-51-29-28-49-95(102)97-71-83(59-68-103(97)124)76-53-60-90(61-54-76)121(85-39-18-5-19-40-85)91-62-55-77(56-63-91)84-72-100-96-50-30-52-106(108(96)126-107(100)101(73-84)114-119-111(80-35-14-3-15-36-80)118-112(120-114)81-37-16-4-17-38-81)125-104-69-66-93(122(86-41-20-6-21-42-86)87-43-22-7-23-44-87)74-98(104)99-75-94(67-70-105(99)125)123(88-45-24-8-25-46-88)89-47-26-9-27-48-89/h1-75H. The van der Waals surface area contributed by atoms with Crippen molar-refractivity contribution in [3.63, 3.8) is 0 Å². The summed E-state index contributed by atoms with van der Waals surface area (Å²) < 4.78 is 7.04. The molecule has 0 atom stereocenters. The van der Waals surface area contributed by atoms with Crippen LogP contribution >= 0.6 is 11.3 Å². The average Bonchev–Trinajstić information content (AvgIpc) is 1.58. The fourth-order valence-corrected chi connectivity index (χ4v) is 19.1. The Bertz CT molecular complexity index is 7630. The second kappa shape index (κ2) is 32.0. The number of anilines is 9. The highest BCUT2D eigenvalue weighted by molar-refractivity contribution is 7.26. The molecule has 0 radical (unpaired) electrons. The fraction of sp³-hybridized carbons (Fsp3) is 0. The Balaban J connectivity index is 0.635. The summed E-state index contributed by atoms with van der Waals surface area (Å²) in [6, 6.07) is 162. The third kappa shape index (κ3) is 13.7. The molecule has 126 heavy (non-hydrogen) atoms. The van der Waals surface area contributed by atoms with Gasteiger partial charge in [-0.25, -0.2) is 29.9 Å². The summed E-state index contributed by atoms with van der Waals surface area (Å²) in [4.78, 5) is 38.3. The van der Waals surface area contributed by atoms with E-state index in [1.54, 1.807) is 11.3 Å². The number of rotatable bonds is 19. The SMILES string of the molecule is c1ccc(-c2nc(-c3ccccc3)nc(-c3ccc(-n4c5ccccc5c5cc(-c6ccc(N(c7ccccc7)c7ccc(-c8cc(-c9nc(-c%10ccccc%10)nc(-c%10ccccc%10)n9)c9sc%10c(-n%11c%12ccc(N(c%13ccccc%13)c%13ccccc%13)cc%12c%12cc(N(c%13ccccc%13)c%13ccccc%13)ccc%12%11)cccc%10c9c8)cc7)cc6)ccc54)cc3)n2)cc1. The molecular weight excluding hydrogens is 1560 g/mol. The van der Waals surface area contributed by atoms with E-state index in [-0.39, 0.29) is 0 Å². The van der Waals surface area contributed by atoms with Crippen LogP contribution in [0.25, 0.3) is 166 Å². The molecule has 23 aromatic rings. The molecule has 0 saturated carbocycles. The van der Waals surface area contributed by atoms with Gasteiger partial charge in [-0.15, -0.1) is 11.3 Å². The summed E-state index contributed by atoms with van der Waals surface area (Å²) in [5, 5.41) is 6.79. The minimum atomic E-state index is 0.584. The zero-order chi connectivity index (χ0) is 83.4. The van der Waals surface area contributed by atoms with Gasteiger partial charge in [0.2, 0.25) is 0 Å². The molecule has 11 nitrogen and oxygen atoms in total. The Morgan fingerprint density at radius 3 is 0.913 bits per heavy atom. The molecular formula is C114H75N11S. The normalized spacial score (nSPS) is 11.5. The highest BCUT2D eigenvalue weighted by Gasteiger charge is 2.27. The van der Waals surface area contributed by atoms with E-state index in [0.717, 1.165) is 171 Å². The van der Waals surface area contributed by atoms with Crippen molar-refractivity contribution >= 4 is 126 Å². The van der Waals surface area contributed by atoms with Crippen molar-refractivity contribution in [1.29, 1.82) is 0 Å². The van der Waals surface area contributed by atoms with Gasteiger partial charge in [0.25, 0.3) is 0 Å². The minimum Gasteiger partial charge on any atom is -0.311 e. The maximum atomic E-state index is 5.49. The van der Waals surface area contributed by atoms with Gasteiger partial charge in [0.1, 0.15) is 0 Å². The predicted molar refractivity (Wildman–Crippen MR) is 522 cm³/mol. The quantitative estimate of drug-likeness (QED) is 0.0784. The maximum Gasteiger partial charge on any atom is 0.165 e. The first-order valence-corrected chi connectivity index (χ1v) is 43.1. The Morgan fingerprint density at radius 2 is 0.476 bits per heavy atom. The number of hydrogen-bond acceptors (Lipinski definition) is 10. The Kier molecular flexibility index (Phi) is 18.8. The molecule has 0 fully saturated rings. The van der Waals surface area contributed by atoms with E-state index >= 15 is 0 Å². The fourth-order valence-electron chi connectivity index (χ4n) is 17.8. The van der Waals surface area contributed by atoms with E-state index in [0.29, 0.717) is 34.9 Å². The first-order valence-electron chi connectivity index (χ1n) is 42.3. The summed E-state index contributed by atoms with van der Waals surface area (Å²) in [6.07, 6.45) is 0. The molecule has 592 valence electrons. The molecule has 0 saturated heterocycles. The summed E-state index contributed by atoms with van der Waals surface area (Å²) in [5.74, 6) is 3.65. The van der Waals surface area contributed by atoms with Crippen LogP contribution in [0.4, 0.5) is 51.2 Å². The second-order valence-corrected chi connectivity index (χ2v) is 32.4. The highest BCUT2D eigenvalue weighted by atomic mass is 32.1. The van der Waals surface area contributed by atoms with Crippen LogP contribution in [-0.2, 0) is 0 Å². The summed E-state index contributed by atoms with van der Waals surface area (Å²) in [7, 11) is 0. The zero-order valence-electron chi connectivity index (χ0n) is 68.1. The monoisotopic (exact) mass is 1630 g/mol. The van der Waals surface area contributed by atoms with Crippen LogP contribution in [0.1, 0.15) is 0 Å². The first kappa shape index (κ1) is 74.3. The first-order chi connectivity index (χ1) is 62.5. The molecule has 12 heteroatoms. The third-order valence-electron chi connectivity index (χ3n) is 23.8.